The fraction of sp³-hybridized carbons (Fsp3) is 0.591. The van der Waals surface area contributed by atoms with Gasteiger partial charge in [0.1, 0.15) is 12.2 Å². The molecule has 2 aliphatic rings. The number of aliphatic imine (C=N–C) groups is 2. The van der Waals surface area contributed by atoms with Crippen LogP contribution < -0.4 is 0 Å². The number of hydrogen-bond donors (Lipinski definition) is 0. The largest absolute Gasteiger partial charge is 0.458 e. The highest BCUT2D eigenvalue weighted by molar-refractivity contribution is 7.98. The van der Waals surface area contributed by atoms with Crippen molar-refractivity contribution in [1.82, 2.24) is 4.90 Å². The third-order valence-corrected chi connectivity index (χ3v) is 5.53. The molecule has 1 aromatic rings. The highest BCUT2D eigenvalue weighted by atomic mass is 32.2. The molecule has 0 saturated carbocycles. The lowest BCUT2D eigenvalue weighted by Crippen LogP contribution is -2.43. The first-order valence-electron chi connectivity index (χ1n) is 10.3. The maximum Gasteiger partial charge on any atom is 0.410 e. The van der Waals surface area contributed by atoms with Gasteiger partial charge in [0.05, 0.1) is 6.10 Å². The van der Waals surface area contributed by atoms with Crippen LogP contribution in [0.15, 0.2) is 39.1 Å². The number of rotatable bonds is 6. The summed E-state index contributed by atoms with van der Waals surface area (Å²) in [6.45, 7) is 7.54. The van der Waals surface area contributed by atoms with Crippen LogP contribution in [0.4, 0.5) is 4.79 Å². The molecule has 30 heavy (non-hydrogen) atoms. The number of piperidine rings is 1. The van der Waals surface area contributed by atoms with Crippen molar-refractivity contribution >= 4 is 29.6 Å². The molecule has 0 bridgehead atoms. The van der Waals surface area contributed by atoms with Gasteiger partial charge >= 0.3 is 6.09 Å². The van der Waals surface area contributed by atoms with Crippen LogP contribution in [0.2, 0.25) is 0 Å². The van der Waals surface area contributed by atoms with Crippen LogP contribution in [0, 0.1) is 0 Å². The third-order valence-electron chi connectivity index (χ3n) is 4.79. The van der Waals surface area contributed by atoms with Crippen LogP contribution in [0.1, 0.15) is 39.2 Å². The number of nitrogens with zero attached hydrogens (tertiary/aromatic N) is 3. The Morgan fingerprint density at radius 2 is 1.93 bits per heavy atom. The van der Waals surface area contributed by atoms with Crippen LogP contribution in [0.5, 0.6) is 0 Å². The molecule has 0 spiro atoms. The molecular weight excluding hydrogens is 402 g/mol. The zero-order valence-electron chi connectivity index (χ0n) is 18.2. The van der Waals surface area contributed by atoms with E-state index in [1.165, 1.54) is 4.90 Å². The van der Waals surface area contributed by atoms with Gasteiger partial charge in [-0.1, -0.05) is 12.1 Å². The first kappa shape index (κ1) is 22.6. The molecule has 7 nitrogen and oxygen atoms in total. The molecular formula is C22H31N3O4S. The Balaban J connectivity index is 1.43. The lowest BCUT2D eigenvalue weighted by atomic mass is 10.1. The van der Waals surface area contributed by atoms with Crippen LogP contribution in [0.25, 0.3) is 0 Å². The lowest BCUT2D eigenvalue weighted by molar-refractivity contribution is -0.00306. The van der Waals surface area contributed by atoms with Crippen molar-refractivity contribution in [3.05, 3.63) is 29.8 Å². The number of hydrogen-bond acceptors (Lipinski definition) is 7. The number of carbonyl (C=O) groups excluding carboxylic acids is 1. The Kier molecular flexibility index (Phi) is 7.77. The molecule has 2 heterocycles. The number of thioether (sulfide) groups is 1. The van der Waals surface area contributed by atoms with E-state index in [-0.39, 0.29) is 18.9 Å². The van der Waals surface area contributed by atoms with Crippen LogP contribution >= 0.6 is 11.8 Å². The van der Waals surface area contributed by atoms with Gasteiger partial charge in [-0.2, -0.15) is 4.99 Å². The van der Waals surface area contributed by atoms with E-state index in [0.29, 0.717) is 37.9 Å². The zero-order chi connectivity index (χ0) is 21.6. The Bertz CT molecular complexity index is 779. The summed E-state index contributed by atoms with van der Waals surface area (Å²) in [5, 5.41) is 0. The van der Waals surface area contributed by atoms with Gasteiger partial charge in [-0.15, -0.1) is 11.8 Å². The van der Waals surface area contributed by atoms with E-state index in [0.717, 1.165) is 18.4 Å². The summed E-state index contributed by atoms with van der Waals surface area (Å²) in [4.78, 5) is 24.0. The molecule has 164 valence electrons. The normalized spacial score (nSPS) is 17.8. The second kappa shape index (κ2) is 10.3. The van der Waals surface area contributed by atoms with Crippen molar-refractivity contribution in [2.75, 3.05) is 32.7 Å². The number of carbonyl (C=O) groups is 1. The van der Waals surface area contributed by atoms with Gasteiger partial charge in [0.2, 0.25) is 0 Å². The van der Waals surface area contributed by atoms with Crippen LogP contribution in [-0.2, 0) is 20.6 Å². The molecule has 1 saturated heterocycles. The second-order valence-corrected chi connectivity index (χ2v) is 9.24. The molecule has 2 aliphatic heterocycles. The van der Waals surface area contributed by atoms with Gasteiger partial charge in [-0.25, -0.2) is 9.79 Å². The van der Waals surface area contributed by atoms with Gasteiger partial charge < -0.3 is 19.1 Å². The van der Waals surface area contributed by atoms with Crippen molar-refractivity contribution < 1.29 is 19.0 Å². The molecule has 1 amide bonds. The first-order chi connectivity index (χ1) is 14.3. The zero-order valence-corrected chi connectivity index (χ0v) is 19.0. The molecule has 1 aromatic carbocycles. The molecule has 0 aliphatic carbocycles. The SMILES string of the molecule is CSc1ccc(CC2=NC(COC3CCN(C(=O)OC(C)(C)C)CC3)=NCO2)cc1. The Morgan fingerprint density at radius 3 is 2.57 bits per heavy atom. The van der Waals surface area contributed by atoms with E-state index < -0.39 is 5.60 Å². The predicted octanol–water partition coefficient (Wildman–Crippen LogP) is 4.15. The van der Waals surface area contributed by atoms with E-state index in [4.69, 9.17) is 14.2 Å². The Hall–Kier alpha value is -2.06. The summed E-state index contributed by atoms with van der Waals surface area (Å²) >= 11 is 1.72. The minimum Gasteiger partial charge on any atom is -0.458 e. The predicted molar refractivity (Wildman–Crippen MR) is 120 cm³/mol. The quantitative estimate of drug-likeness (QED) is 0.630. The van der Waals surface area contributed by atoms with E-state index in [1.807, 2.05) is 20.8 Å². The van der Waals surface area contributed by atoms with E-state index in [9.17, 15) is 4.79 Å². The molecule has 0 aromatic heterocycles. The van der Waals surface area contributed by atoms with Crippen LogP contribution in [-0.4, -0.2) is 67.1 Å². The summed E-state index contributed by atoms with van der Waals surface area (Å²) in [5.74, 6) is 1.33. The van der Waals surface area contributed by atoms with Crippen molar-refractivity contribution in [3.63, 3.8) is 0 Å². The third kappa shape index (κ3) is 7.02. The van der Waals surface area contributed by atoms with E-state index in [2.05, 4.69) is 40.5 Å². The number of likely N-dealkylation sites (tertiary alicyclic amines) is 1. The number of benzene rings is 1. The van der Waals surface area contributed by atoms with Crippen LogP contribution in [0.3, 0.4) is 0 Å². The average Bonchev–Trinajstić information content (AvgIpc) is 2.72. The summed E-state index contributed by atoms with van der Waals surface area (Å²) < 4.78 is 17.0. The number of amidine groups is 1. The van der Waals surface area contributed by atoms with Gasteiger partial charge in [-0.05, 0) is 57.6 Å². The van der Waals surface area contributed by atoms with Crippen molar-refractivity contribution in [2.24, 2.45) is 9.98 Å². The molecule has 1 fully saturated rings. The molecule has 0 N–H and O–H groups in total. The second-order valence-electron chi connectivity index (χ2n) is 8.36. The molecule has 0 radical (unpaired) electrons. The lowest BCUT2D eigenvalue weighted by Gasteiger charge is -2.33. The Labute approximate surface area is 182 Å². The number of amides is 1. The van der Waals surface area contributed by atoms with Crippen molar-refractivity contribution in [1.29, 1.82) is 0 Å². The minimum absolute atomic E-state index is 0.0898. The highest BCUT2D eigenvalue weighted by Gasteiger charge is 2.27. The van der Waals surface area contributed by atoms with Crippen molar-refractivity contribution in [2.45, 2.75) is 56.6 Å². The monoisotopic (exact) mass is 433 g/mol. The summed E-state index contributed by atoms with van der Waals surface area (Å²) in [6, 6.07) is 8.40. The highest BCUT2D eigenvalue weighted by Crippen LogP contribution is 2.18. The van der Waals surface area contributed by atoms with Crippen molar-refractivity contribution in [3.8, 4) is 0 Å². The summed E-state index contributed by atoms with van der Waals surface area (Å²) in [7, 11) is 0. The molecule has 0 unspecified atom stereocenters. The minimum atomic E-state index is -0.474. The Morgan fingerprint density at radius 1 is 1.23 bits per heavy atom. The maximum absolute atomic E-state index is 12.2. The number of ether oxygens (including phenoxy) is 3. The maximum atomic E-state index is 12.2. The van der Waals surface area contributed by atoms with Gasteiger partial charge in [0.15, 0.2) is 18.5 Å². The van der Waals surface area contributed by atoms with Gasteiger partial charge in [-0.3, -0.25) is 0 Å². The molecule has 0 atom stereocenters. The summed E-state index contributed by atoms with van der Waals surface area (Å²) in [5.41, 5.74) is 0.682. The summed E-state index contributed by atoms with van der Waals surface area (Å²) in [6.07, 6.45) is 4.10. The fourth-order valence-electron chi connectivity index (χ4n) is 3.20. The molecule has 8 heteroatoms. The van der Waals surface area contributed by atoms with Gasteiger partial charge in [0.25, 0.3) is 0 Å². The van der Waals surface area contributed by atoms with E-state index in [1.54, 1.807) is 16.7 Å². The first-order valence-corrected chi connectivity index (χ1v) is 11.5. The molecule has 3 rings (SSSR count). The topological polar surface area (TPSA) is 72.7 Å². The fourth-order valence-corrected chi connectivity index (χ4v) is 3.61. The average molecular weight is 434 g/mol. The van der Waals surface area contributed by atoms with Gasteiger partial charge in [0, 0.05) is 24.4 Å². The smallest absolute Gasteiger partial charge is 0.410 e. The van der Waals surface area contributed by atoms with E-state index >= 15 is 0 Å². The standard InChI is InChI=1S/C22H31N3O4S/c1-22(2,3)29-21(26)25-11-9-17(10-12-25)27-14-19-23-15-28-20(24-19)13-16-5-7-18(30-4)8-6-16/h5-8,17H,9-15H2,1-4H3.